The van der Waals surface area contributed by atoms with Gasteiger partial charge in [0.1, 0.15) is 35.8 Å². The van der Waals surface area contributed by atoms with E-state index in [2.05, 4.69) is 54.0 Å². The number of ketones is 2. The average Bonchev–Trinajstić information content (AvgIpc) is 1.60. The van der Waals surface area contributed by atoms with Gasteiger partial charge in [0.25, 0.3) is 0 Å². The number of carbonyl (C=O) groups is 7. The number of anilines is 1. The number of carbonyl (C=O) groups excluding carboxylic acids is 6. The maximum atomic E-state index is 14.2. The van der Waals surface area contributed by atoms with Crippen molar-refractivity contribution in [2.45, 2.75) is 128 Å². The summed E-state index contributed by atoms with van der Waals surface area (Å²) in [4.78, 5) is 161. The van der Waals surface area contributed by atoms with Gasteiger partial charge in [0.15, 0.2) is 35.2 Å². The topological polar surface area (TPSA) is 581 Å². The van der Waals surface area contributed by atoms with Gasteiger partial charge < -0.3 is 90.5 Å². The van der Waals surface area contributed by atoms with Crippen LogP contribution in [0.15, 0.2) is 41.9 Å². The maximum absolute atomic E-state index is 14.2. The number of imidazole rings is 1. The number of phosphoric acid groups is 3. The van der Waals surface area contributed by atoms with E-state index in [4.69, 9.17) is 19.5 Å². The van der Waals surface area contributed by atoms with Crippen molar-refractivity contribution in [3.63, 3.8) is 0 Å². The van der Waals surface area contributed by atoms with Crippen LogP contribution in [0.1, 0.15) is 121 Å². The normalized spacial score (nSPS) is 21.5. The molecule has 0 spiro atoms. The van der Waals surface area contributed by atoms with Crippen LogP contribution in [0, 0.1) is 19.3 Å². The summed E-state index contributed by atoms with van der Waals surface area (Å²) in [5.74, 6) is -7.56. The zero-order chi connectivity index (χ0) is 70.1. The largest absolute Gasteiger partial charge is 4.00 e. The molecule has 0 radical (unpaired) electrons. The Kier molecular flexibility index (Phi) is 23.8. The van der Waals surface area contributed by atoms with Gasteiger partial charge in [-0.3, -0.25) is 42.5 Å². The number of amides is 1. The monoisotopic (exact) mass is 1460 g/mol. The smallest absolute Gasteiger partial charge is 0.862 e. The molecule has 0 aliphatic carbocycles. The number of aryl methyl sites for hydroxylation is 4. The van der Waals surface area contributed by atoms with Crippen molar-refractivity contribution in [2.75, 3.05) is 37.8 Å². The van der Waals surface area contributed by atoms with Crippen LogP contribution in [0.4, 0.5) is 5.82 Å². The number of aromatic amines is 3. The minimum atomic E-state index is -5.67. The number of thioether (sulfide) groups is 1. The fourth-order valence-corrected chi connectivity index (χ4v) is 14.3. The summed E-state index contributed by atoms with van der Waals surface area (Å²) in [6.07, 6.45) is -9.34. The predicted octanol–water partition coefficient (Wildman–Crippen LogP) is -0.820. The number of rotatable bonds is 29. The zero-order valence-electron chi connectivity index (χ0n) is 51.7. The van der Waals surface area contributed by atoms with Crippen LogP contribution >= 0.6 is 35.2 Å². The predicted molar refractivity (Wildman–Crippen MR) is 323 cm³/mol. The standard InChI is InChI=1S/C55H68N11O25P3S.Fe/c1-25-28(32-16-31-27(7-9-39(68)69)26(2)30(63-31)17-36-54(5,19-40(70)71)47(77)34(65-36)18-37-55(6,20-41(72)73)46(76)33(64-37)15-29(25)62-32)8-10-42(74)95-14-13-57-38(67)11-12-58-51(79)48(78)53(3,4)22-88-94(85,86)91-93(83,84)87-21-35-45(90-92(80,81)82)44(75)52(89-35)66-24-61-43-49(56)59-23-60-50(43)66;/h15-18,23-24,35,44-45,48,52,75,78H,7-14,19-22H2,1-6H3,(H13,56,57,58,59,60,62,63,64,65,67,68,69,70,71,72,73,76,77,79,80,81,82,83,84,85,86);/q;+4/p-2. The minimum Gasteiger partial charge on any atom is -0.862 e. The van der Waals surface area contributed by atoms with Crippen LogP contribution in [-0.2, 0) is 101 Å². The van der Waals surface area contributed by atoms with Crippen molar-refractivity contribution >= 4 is 121 Å². The van der Waals surface area contributed by atoms with E-state index in [1.807, 2.05) is 0 Å². The number of aliphatic imine (C=N–C) groups is 1. The molecule has 518 valence electrons. The maximum Gasteiger partial charge on any atom is 4.00 e. The molecule has 1 amide bonds. The fourth-order valence-electron chi connectivity index (χ4n) is 10.8. The fraction of sp³-hybridized carbons (Fsp3) is 0.473. The van der Waals surface area contributed by atoms with E-state index >= 15 is 0 Å². The molecular weight excluding hydrogens is 1400 g/mol. The molecule has 9 unspecified atom stereocenters. The summed E-state index contributed by atoms with van der Waals surface area (Å²) in [7, 11) is -16.7. The number of H-pyrrole nitrogens is 3. The molecule has 5 aromatic rings. The number of nitrogens with one attached hydrogen (secondary N) is 4. The summed E-state index contributed by atoms with van der Waals surface area (Å²) in [6, 6.07) is 5.66. The first kappa shape index (κ1) is 76.3. The van der Waals surface area contributed by atoms with Crippen LogP contribution in [0.5, 0.6) is 0 Å². The van der Waals surface area contributed by atoms with E-state index in [0.29, 0.717) is 44.3 Å². The molecule has 1 saturated heterocycles. The second kappa shape index (κ2) is 30.0. The molecule has 0 aromatic carbocycles. The van der Waals surface area contributed by atoms with Gasteiger partial charge in [0.2, 0.25) is 17.7 Å². The number of fused-ring (bicyclic) bond motifs is 9. The summed E-state index contributed by atoms with van der Waals surface area (Å²) in [5.41, 5.74) is 3.58. The van der Waals surface area contributed by atoms with Gasteiger partial charge in [-0.2, -0.15) is 9.29 Å². The van der Waals surface area contributed by atoms with Gasteiger partial charge in [-0.1, -0.05) is 30.6 Å². The number of hydrogen-bond donors (Lipinski definition) is 12. The number of ether oxygens (including phenoxy) is 1. The summed E-state index contributed by atoms with van der Waals surface area (Å²) in [5, 5.41) is 70.4. The number of nitrogens with two attached hydrogens (primary N) is 1. The number of nitrogen functional groups attached to an aromatic ring is 1. The summed E-state index contributed by atoms with van der Waals surface area (Å²) in [6.45, 7) is 5.80. The van der Waals surface area contributed by atoms with Gasteiger partial charge >= 0.3 is 52.2 Å². The first-order chi connectivity index (χ1) is 44.2. The first-order valence-electron chi connectivity index (χ1n) is 28.7. The molecule has 0 saturated carbocycles. The zero-order valence-corrected chi connectivity index (χ0v) is 56.3. The number of carboxylic acid groups (broad SMARTS) is 3. The van der Waals surface area contributed by atoms with Gasteiger partial charge in [0, 0.05) is 71.1 Å². The quantitative estimate of drug-likeness (QED) is 0.00695. The Bertz CT molecular complexity index is 4270. The molecule has 3 aliphatic heterocycles. The Morgan fingerprint density at radius 1 is 0.844 bits per heavy atom. The van der Waals surface area contributed by atoms with E-state index in [1.54, 1.807) is 19.9 Å². The van der Waals surface area contributed by atoms with Gasteiger partial charge in [-0.15, -0.1) is 0 Å². The third-order valence-electron chi connectivity index (χ3n) is 16.0. The third kappa shape index (κ3) is 17.6. The van der Waals surface area contributed by atoms with Crippen LogP contribution < -0.4 is 30.9 Å². The van der Waals surface area contributed by atoms with Gasteiger partial charge in [-0.05, 0) is 106 Å². The Morgan fingerprint density at radius 2 is 1.43 bits per heavy atom. The molecule has 41 heteroatoms. The van der Waals surface area contributed by atoms with E-state index in [9.17, 15) is 97.5 Å². The van der Waals surface area contributed by atoms with Crippen molar-refractivity contribution in [1.29, 1.82) is 0 Å². The Morgan fingerprint density at radius 3 is 2.03 bits per heavy atom. The van der Waals surface area contributed by atoms with Crippen LogP contribution in [-0.4, -0.2) is 173 Å². The number of phosphoric ester groups is 3. The number of aliphatic hydroxyl groups excluding tert-OH is 2. The molecule has 3 aliphatic rings. The van der Waals surface area contributed by atoms with Gasteiger partial charge in [-0.25, -0.2) is 28.2 Å². The van der Waals surface area contributed by atoms with E-state index in [-0.39, 0.29) is 106 Å². The molecule has 9 atom stereocenters. The van der Waals surface area contributed by atoms with Crippen molar-refractivity contribution in [2.24, 2.45) is 10.4 Å². The van der Waals surface area contributed by atoms with Crippen LogP contribution in [0.3, 0.4) is 0 Å². The Balaban J connectivity index is 0.0000130. The van der Waals surface area contributed by atoms with E-state index in [1.165, 1.54) is 52.2 Å². The first-order valence-corrected chi connectivity index (χ1v) is 34.2. The molecule has 8 rings (SSSR count). The van der Waals surface area contributed by atoms with Crippen molar-refractivity contribution in [3.8, 4) is 0 Å². The van der Waals surface area contributed by atoms with Crippen LogP contribution in [0.2, 0.25) is 0 Å². The Labute approximate surface area is 558 Å². The summed E-state index contributed by atoms with van der Waals surface area (Å²) >= 11 is 0.857. The van der Waals surface area contributed by atoms with E-state index in [0.717, 1.165) is 22.7 Å². The second-order valence-electron chi connectivity index (χ2n) is 23.5. The van der Waals surface area contributed by atoms with Crippen molar-refractivity contribution in [3.05, 3.63) is 81.9 Å². The van der Waals surface area contributed by atoms with Gasteiger partial charge in [0.05, 0.1) is 41.9 Å². The minimum absolute atomic E-state index is 0. The molecule has 96 heavy (non-hydrogen) atoms. The van der Waals surface area contributed by atoms with Crippen molar-refractivity contribution < 1.29 is 142 Å². The number of Topliss-reactive ketones (excluding diaryl/α,β-unsaturated/α-hetero) is 2. The third-order valence-corrected chi connectivity index (χ3v) is 20.0. The molecule has 5 aromatic heterocycles. The number of aliphatic carboxylic acids is 3. The SMILES string of the molecule is Cc1c(CCC(=O)[O-])c2cc3[nH]c(cc4nc(cc5nc(cc1[nH]2)C(C)(CC(=O)[O-])C5=O)C(C)(CC(=O)O)C4=O)c(C)c3CCC(=O)SCCN=C([O-])CCNC(=O)C(O)C(C)(C)COP(=O)(O)OP(=O)(O)OCC1OC([n+]2c[nH]c3c(N)ncnc32)C(O)C1OP(=O)(O)O.[Fe+4]. The average molecular weight is 1460 g/mol. The molecule has 36 nitrogen and oxygen atoms in total. The molecule has 1 fully saturated rings. The van der Waals surface area contributed by atoms with E-state index < -0.39 is 144 Å². The molecule has 8 heterocycles. The number of aliphatic hydroxyl groups is 2. The number of nitrogens with zero attached hydrogens (tertiary/aromatic N) is 6. The van der Waals surface area contributed by atoms with Crippen molar-refractivity contribution in [1.82, 2.24) is 40.2 Å². The number of aromatic nitrogens is 8. The summed E-state index contributed by atoms with van der Waals surface area (Å²) < 4.78 is 63.0. The molecular formula is C55H66FeN11O25P3S+2. The second-order valence-corrected chi connectivity index (χ2v) is 28.9. The number of hydrogen-bond acceptors (Lipinski definition) is 27. The number of carboxylic acids is 3. The Hall–Kier alpha value is -7.05. The molecule has 8 bridgehead atoms. The molecule has 13 N–H and O–H groups in total. The van der Waals surface area contributed by atoms with Crippen LogP contribution in [0.25, 0.3) is 33.2 Å².